The van der Waals surface area contributed by atoms with Crippen molar-refractivity contribution in [1.82, 2.24) is 0 Å². The molecule has 0 atom stereocenters. The van der Waals surface area contributed by atoms with E-state index in [0.717, 1.165) is 21.9 Å². The van der Waals surface area contributed by atoms with E-state index in [1.807, 2.05) is 6.07 Å². The third-order valence-electron chi connectivity index (χ3n) is 10.6. The maximum absolute atomic E-state index is 6.63. The zero-order valence-electron chi connectivity index (χ0n) is 26.6. The van der Waals surface area contributed by atoms with Crippen molar-refractivity contribution in [2.24, 2.45) is 0 Å². The average molecular weight is 621 g/mol. The molecule has 226 valence electrons. The number of furan rings is 1. The normalized spacial score (nSPS) is 12.1. The molecule has 0 radical (unpaired) electrons. The lowest BCUT2D eigenvalue weighted by Gasteiger charge is -2.19. The van der Waals surface area contributed by atoms with Gasteiger partial charge in [-0.2, -0.15) is 0 Å². The Morgan fingerprint density at radius 3 is 1.45 bits per heavy atom. The molecule has 1 heterocycles. The van der Waals surface area contributed by atoms with Gasteiger partial charge >= 0.3 is 0 Å². The third-order valence-corrected chi connectivity index (χ3v) is 10.6. The van der Waals surface area contributed by atoms with Crippen LogP contribution in [0.15, 0.2) is 174 Å². The van der Waals surface area contributed by atoms with Crippen molar-refractivity contribution in [3.8, 4) is 22.3 Å². The van der Waals surface area contributed by atoms with Crippen LogP contribution >= 0.6 is 0 Å². The van der Waals surface area contributed by atoms with E-state index >= 15 is 0 Å². The molecular formula is C48H28O. The largest absolute Gasteiger partial charge is 0.455 e. The molecule has 0 aliphatic carbocycles. The first-order valence-electron chi connectivity index (χ1n) is 16.9. The average Bonchev–Trinajstić information content (AvgIpc) is 3.55. The lowest BCUT2D eigenvalue weighted by atomic mass is 9.84. The van der Waals surface area contributed by atoms with Gasteiger partial charge < -0.3 is 4.42 Å². The van der Waals surface area contributed by atoms with Gasteiger partial charge in [-0.3, -0.25) is 0 Å². The Labute approximate surface area is 282 Å². The molecule has 11 rings (SSSR count). The lowest BCUT2D eigenvalue weighted by molar-refractivity contribution is 0.673. The van der Waals surface area contributed by atoms with Crippen LogP contribution in [-0.4, -0.2) is 0 Å². The highest BCUT2D eigenvalue weighted by molar-refractivity contribution is 6.33. The molecule has 1 heteroatoms. The second-order valence-corrected chi connectivity index (χ2v) is 13.2. The monoisotopic (exact) mass is 620 g/mol. The van der Waals surface area contributed by atoms with Crippen LogP contribution in [-0.2, 0) is 0 Å². The molecule has 0 amide bonds. The number of fused-ring (bicyclic) bond motifs is 13. The summed E-state index contributed by atoms with van der Waals surface area (Å²) in [6.45, 7) is 0. The van der Waals surface area contributed by atoms with Crippen LogP contribution in [0.1, 0.15) is 0 Å². The van der Waals surface area contributed by atoms with Gasteiger partial charge in [-0.15, -0.1) is 0 Å². The first-order chi connectivity index (χ1) is 24.3. The van der Waals surface area contributed by atoms with Crippen LogP contribution < -0.4 is 0 Å². The van der Waals surface area contributed by atoms with Gasteiger partial charge in [0.15, 0.2) is 0 Å². The zero-order valence-corrected chi connectivity index (χ0v) is 26.6. The highest BCUT2D eigenvalue weighted by Crippen LogP contribution is 2.47. The maximum atomic E-state index is 6.63. The lowest BCUT2D eigenvalue weighted by Crippen LogP contribution is -1.91. The molecule has 10 aromatic carbocycles. The fourth-order valence-electron chi connectivity index (χ4n) is 8.47. The first-order valence-corrected chi connectivity index (χ1v) is 16.9. The molecule has 1 nitrogen and oxygen atoms in total. The van der Waals surface area contributed by atoms with E-state index in [1.165, 1.54) is 86.9 Å². The number of para-hydroxylation sites is 1. The van der Waals surface area contributed by atoms with Crippen molar-refractivity contribution < 1.29 is 4.42 Å². The van der Waals surface area contributed by atoms with Gasteiger partial charge in [0.25, 0.3) is 0 Å². The van der Waals surface area contributed by atoms with Gasteiger partial charge in [-0.25, -0.2) is 0 Å². The molecule has 1 aromatic heterocycles. The molecule has 0 spiro atoms. The molecule has 0 N–H and O–H groups in total. The Bertz CT molecular complexity index is 3100. The Morgan fingerprint density at radius 2 is 0.755 bits per heavy atom. The van der Waals surface area contributed by atoms with Crippen LogP contribution in [0.5, 0.6) is 0 Å². The molecule has 11 aromatic rings. The molecule has 0 bridgehead atoms. The molecular weight excluding hydrogens is 593 g/mol. The molecule has 0 saturated carbocycles. The van der Waals surface area contributed by atoms with E-state index in [-0.39, 0.29) is 0 Å². The Balaban J connectivity index is 1.25. The Hall–Kier alpha value is -6.44. The minimum atomic E-state index is 0.923. The number of rotatable bonds is 2. The molecule has 0 aliphatic heterocycles. The minimum Gasteiger partial charge on any atom is -0.455 e. The van der Waals surface area contributed by atoms with Crippen molar-refractivity contribution in [1.29, 1.82) is 0 Å². The summed E-state index contributed by atoms with van der Waals surface area (Å²) in [7, 11) is 0. The van der Waals surface area contributed by atoms with Crippen molar-refractivity contribution >= 4 is 86.6 Å². The van der Waals surface area contributed by atoms with Crippen LogP contribution in [0.4, 0.5) is 0 Å². The summed E-state index contributed by atoms with van der Waals surface area (Å²) < 4.78 is 6.63. The molecule has 49 heavy (non-hydrogen) atoms. The summed E-state index contributed by atoms with van der Waals surface area (Å²) in [6.07, 6.45) is 0. The summed E-state index contributed by atoms with van der Waals surface area (Å²) in [5, 5.41) is 17.2. The summed E-state index contributed by atoms with van der Waals surface area (Å²) in [5.41, 5.74) is 6.88. The second kappa shape index (κ2) is 10.0. The number of hydrogen-bond acceptors (Lipinski definition) is 1. The Kier molecular flexibility index (Phi) is 5.45. The van der Waals surface area contributed by atoms with E-state index in [4.69, 9.17) is 4.42 Å². The van der Waals surface area contributed by atoms with Gasteiger partial charge in [-0.1, -0.05) is 146 Å². The standard InChI is InChI=1S/C48H28O/c1-2-12-30-27-31(22-21-29(30)11-1)45-36-16-5-7-18-38(36)46(39-19-8-6-17-37(39)45)32-23-24-41-43(28-32)34-14-4-3-13-33(34)40-25-26-42-35-15-9-10-20-44(35)49-48(42)47(40)41/h1-28H. The number of hydrogen-bond donors (Lipinski definition) is 0. The summed E-state index contributed by atoms with van der Waals surface area (Å²) in [4.78, 5) is 0. The SMILES string of the molecule is c1ccc2cc(-c3c4ccccc4c(-c4ccc5c(c4)c4ccccc4c4ccc6c7ccccc7oc6c45)c4ccccc34)ccc2c1. The van der Waals surface area contributed by atoms with Gasteiger partial charge in [0.2, 0.25) is 0 Å². The summed E-state index contributed by atoms with van der Waals surface area (Å²) in [5.74, 6) is 0. The topological polar surface area (TPSA) is 13.1 Å². The highest BCUT2D eigenvalue weighted by atomic mass is 16.3. The first kappa shape index (κ1) is 26.6. The fourth-order valence-corrected chi connectivity index (χ4v) is 8.47. The van der Waals surface area contributed by atoms with Gasteiger partial charge in [-0.05, 0) is 106 Å². The molecule has 0 unspecified atom stereocenters. The van der Waals surface area contributed by atoms with E-state index in [9.17, 15) is 0 Å². The molecule has 0 aliphatic rings. The fraction of sp³-hybridized carbons (Fsp3) is 0. The summed E-state index contributed by atoms with van der Waals surface area (Å²) >= 11 is 0. The number of benzene rings is 10. The van der Waals surface area contributed by atoms with E-state index in [1.54, 1.807) is 0 Å². The van der Waals surface area contributed by atoms with Crippen molar-refractivity contribution in [2.45, 2.75) is 0 Å². The van der Waals surface area contributed by atoms with Crippen molar-refractivity contribution in [2.75, 3.05) is 0 Å². The van der Waals surface area contributed by atoms with Crippen molar-refractivity contribution in [3.05, 3.63) is 170 Å². The Morgan fingerprint density at radius 1 is 0.286 bits per heavy atom. The quantitative estimate of drug-likeness (QED) is 0.138. The van der Waals surface area contributed by atoms with Crippen LogP contribution in [0.3, 0.4) is 0 Å². The molecule has 0 saturated heterocycles. The minimum absolute atomic E-state index is 0.923. The molecule has 0 fully saturated rings. The van der Waals surface area contributed by atoms with Crippen LogP contribution in [0.2, 0.25) is 0 Å². The van der Waals surface area contributed by atoms with Crippen LogP contribution in [0.25, 0.3) is 109 Å². The van der Waals surface area contributed by atoms with E-state index < -0.39 is 0 Å². The van der Waals surface area contributed by atoms with E-state index in [0.29, 0.717) is 0 Å². The summed E-state index contributed by atoms with van der Waals surface area (Å²) in [6, 6.07) is 62.1. The van der Waals surface area contributed by atoms with Crippen LogP contribution in [0, 0.1) is 0 Å². The predicted molar refractivity (Wildman–Crippen MR) is 210 cm³/mol. The smallest absolute Gasteiger partial charge is 0.143 e. The second-order valence-electron chi connectivity index (χ2n) is 13.2. The van der Waals surface area contributed by atoms with Gasteiger partial charge in [0.05, 0.1) is 0 Å². The third kappa shape index (κ3) is 3.76. The van der Waals surface area contributed by atoms with Crippen molar-refractivity contribution in [3.63, 3.8) is 0 Å². The predicted octanol–water partition coefficient (Wildman–Crippen LogP) is 13.8. The van der Waals surface area contributed by atoms with E-state index in [2.05, 4.69) is 164 Å². The van der Waals surface area contributed by atoms with Gasteiger partial charge in [0.1, 0.15) is 11.2 Å². The highest BCUT2D eigenvalue weighted by Gasteiger charge is 2.20. The van der Waals surface area contributed by atoms with Gasteiger partial charge in [0, 0.05) is 16.2 Å². The zero-order chi connectivity index (χ0) is 32.1. The maximum Gasteiger partial charge on any atom is 0.143 e.